The summed E-state index contributed by atoms with van der Waals surface area (Å²) in [6.45, 7) is 1.85. The predicted molar refractivity (Wildman–Crippen MR) is 61.9 cm³/mol. The number of halogens is 1. The zero-order valence-electron chi connectivity index (χ0n) is 8.70. The van der Waals surface area contributed by atoms with Crippen molar-refractivity contribution in [2.75, 3.05) is 6.54 Å². The summed E-state index contributed by atoms with van der Waals surface area (Å²) in [4.78, 5) is 11.6. The van der Waals surface area contributed by atoms with E-state index in [1.54, 1.807) is 18.2 Å². The van der Waals surface area contributed by atoms with Crippen molar-refractivity contribution < 1.29 is 10.0 Å². The van der Waals surface area contributed by atoms with Crippen molar-refractivity contribution >= 4 is 23.3 Å². The van der Waals surface area contributed by atoms with E-state index in [1.165, 1.54) is 0 Å². The number of carbonyl (C=O) groups is 1. The van der Waals surface area contributed by atoms with E-state index in [0.717, 1.165) is 5.56 Å². The van der Waals surface area contributed by atoms with Crippen LogP contribution in [0.4, 0.5) is 0 Å². The summed E-state index contributed by atoms with van der Waals surface area (Å²) in [7, 11) is 0. The Morgan fingerprint density at radius 3 is 2.88 bits per heavy atom. The highest BCUT2D eigenvalue weighted by molar-refractivity contribution is 6.33. The van der Waals surface area contributed by atoms with Crippen LogP contribution in [0.5, 0.6) is 0 Å². The van der Waals surface area contributed by atoms with Crippen molar-refractivity contribution in [1.82, 2.24) is 5.32 Å². The second-order valence-electron chi connectivity index (χ2n) is 3.26. The number of benzene rings is 1. The third-order valence-electron chi connectivity index (χ3n) is 1.93. The molecule has 0 aliphatic rings. The fraction of sp³-hybridized carbons (Fsp3) is 0.200. The smallest absolute Gasteiger partial charge is 0.253 e. The maximum Gasteiger partial charge on any atom is 0.253 e. The molecule has 16 heavy (non-hydrogen) atoms. The van der Waals surface area contributed by atoms with E-state index >= 15 is 0 Å². The number of nitrogens with two attached hydrogens (primary N) is 1. The standard InChI is InChI=1S/C10H12ClN3O2/c1-6-2-3-7(8(11)4-6)10(15)13-5-9(12)14-16/h2-4,16H,5H2,1H3,(H2,12,14)(H,13,15). The lowest BCUT2D eigenvalue weighted by atomic mass is 10.1. The molecule has 0 unspecified atom stereocenters. The molecule has 0 fully saturated rings. The van der Waals surface area contributed by atoms with E-state index in [2.05, 4.69) is 10.5 Å². The molecule has 0 saturated heterocycles. The Hall–Kier alpha value is -1.75. The first-order valence-corrected chi connectivity index (χ1v) is 4.93. The van der Waals surface area contributed by atoms with Crippen LogP contribution in [0.25, 0.3) is 0 Å². The average Bonchev–Trinajstić information content (AvgIpc) is 2.25. The lowest BCUT2D eigenvalue weighted by Crippen LogP contribution is -2.33. The van der Waals surface area contributed by atoms with Gasteiger partial charge in [0.15, 0.2) is 5.84 Å². The predicted octanol–water partition coefficient (Wildman–Crippen LogP) is 1.12. The average molecular weight is 242 g/mol. The van der Waals surface area contributed by atoms with Gasteiger partial charge in [-0.2, -0.15) is 0 Å². The molecule has 1 aromatic carbocycles. The molecule has 1 amide bonds. The number of rotatable bonds is 3. The van der Waals surface area contributed by atoms with Gasteiger partial charge in [-0.05, 0) is 24.6 Å². The molecule has 5 nitrogen and oxygen atoms in total. The van der Waals surface area contributed by atoms with Gasteiger partial charge >= 0.3 is 0 Å². The Balaban J connectivity index is 2.74. The molecule has 0 radical (unpaired) electrons. The largest absolute Gasteiger partial charge is 0.409 e. The van der Waals surface area contributed by atoms with Gasteiger partial charge in [-0.15, -0.1) is 0 Å². The lowest BCUT2D eigenvalue weighted by Gasteiger charge is -2.06. The summed E-state index contributed by atoms with van der Waals surface area (Å²) in [5, 5.41) is 13.9. The van der Waals surface area contributed by atoms with E-state index in [1.807, 2.05) is 6.92 Å². The molecule has 0 saturated carbocycles. The molecule has 0 aliphatic heterocycles. The molecular weight excluding hydrogens is 230 g/mol. The van der Waals surface area contributed by atoms with Crippen LogP contribution in [0, 0.1) is 6.92 Å². The Labute approximate surface area is 97.9 Å². The zero-order chi connectivity index (χ0) is 12.1. The molecule has 1 rings (SSSR count). The van der Waals surface area contributed by atoms with E-state index in [-0.39, 0.29) is 18.3 Å². The Morgan fingerprint density at radius 1 is 1.62 bits per heavy atom. The number of amidine groups is 1. The van der Waals surface area contributed by atoms with Gasteiger partial charge in [0.25, 0.3) is 5.91 Å². The van der Waals surface area contributed by atoms with Crippen LogP contribution in [0.2, 0.25) is 5.02 Å². The fourth-order valence-electron chi connectivity index (χ4n) is 1.11. The van der Waals surface area contributed by atoms with Gasteiger partial charge in [-0.25, -0.2) is 0 Å². The van der Waals surface area contributed by atoms with Gasteiger partial charge in [0.1, 0.15) is 0 Å². The number of hydrogen-bond acceptors (Lipinski definition) is 3. The first kappa shape index (κ1) is 12.3. The van der Waals surface area contributed by atoms with Crippen molar-refractivity contribution in [1.29, 1.82) is 0 Å². The van der Waals surface area contributed by atoms with Gasteiger partial charge in [-0.3, -0.25) is 4.79 Å². The minimum atomic E-state index is -0.364. The van der Waals surface area contributed by atoms with Crippen LogP contribution < -0.4 is 11.1 Å². The van der Waals surface area contributed by atoms with E-state index in [0.29, 0.717) is 10.6 Å². The SMILES string of the molecule is Cc1ccc(C(=O)NC/C(N)=N/O)c(Cl)c1. The van der Waals surface area contributed by atoms with E-state index < -0.39 is 0 Å². The Morgan fingerprint density at radius 2 is 2.31 bits per heavy atom. The van der Waals surface area contributed by atoms with Gasteiger partial charge in [0, 0.05) is 0 Å². The lowest BCUT2D eigenvalue weighted by molar-refractivity contribution is 0.0959. The van der Waals surface area contributed by atoms with Crippen LogP contribution in [0.3, 0.4) is 0 Å². The molecule has 0 atom stereocenters. The molecule has 0 aromatic heterocycles. The number of nitrogens with zero attached hydrogens (tertiary/aromatic N) is 1. The summed E-state index contributed by atoms with van der Waals surface area (Å²) in [5.41, 5.74) is 6.54. The summed E-state index contributed by atoms with van der Waals surface area (Å²) in [5.74, 6) is -0.437. The van der Waals surface area contributed by atoms with Crippen LogP contribution in [-0.4, -0.2) is 23.5 Å². The second-order valence-corrected chi connectivity index (χ2v) is 3.66. The van der Waals surface area contributed by atoms with Crippen LogP contribution in [-0.2, 0) is 0 Å². The summed E-state index contributed by atoms with van der Waals surface area (Å²) >= 11 is 5.90. The molecule has 4 N–H and O–H groups in total. The molecule has 1 aromatic rings. The normalized spacial score (nSPS) is 11.2. The van der Waals surface area contributed by atoms with Crippen LogP contribution in [0.15, 0.2) is 23.4 Å². The van der Waals surface area contributed by atoms with Crippen molar-refractivity contribution in [2.45, 2.75) is 6.92 Å². The number of nitrogens with one attached hydrogen (secondary N) is 1. The molecule has 6 heteroatoms. The first-order valence-electron chi connectivity index (χ1n) is 4.55. The topological polar surface area (TPSA) is 87.7 Å². The highest BCUT2D eigenvalue weighted by atomic mass is 35.5. The second kappa shape index (κ2) is 5.37. The van der Waals surface area contributed by atoms with Crippen molar-refractivity contribution in [2.24, 2.45) is 10.9 Å². The van der Waals surface area contributed by atoms with Crippen molar-refractivity contribution in [3.05, 3.63) is 34.3 Å². The summed E-state index contributed by atoms with van der Waals surface area (Å²) in [6.07, 6.45) is 0. The molecule has 0 aliphatic carbocycles. The quantitative estimate of drug-likeness (QED) is 0.321. The van der Waals surface area contributed by atoms with E-state index in [4.69, 9.17) is 22.5 Å². The van der Waals surface area contributed by atoms with E-state index in [9.17, 15) is 4.79 Å². The molecule has 0 spiro atoms. The number of amides is 1. The highest BCUT2D eigenvalue weighted by Gasteiger charge is 2.10. The minimum absolute atomic E-state index is 0.0282. The maximum absolute atomic E-state index is 11.6. The number of aryl methyl sites for hydroxylation is 1. The number of oxime groups is 1. The van der Waals surface area contributed by atoms with Crippen LogP contribution >= 0.6 is 11.6 Å². The summed E-state index contributed by atoms with van der Waals surface area (Å²) in [6, 6.07) is 5.10. The minimum Gasteiger partial charge on any atom is -0.409 e. The summed E-state index contributed by atoms with van der Waals surface area (Å²) < 4.78 is 0. The third-order valence-corrected chi connectivity index (χ3v) is 2.24. The van der Waals surface area contributed by atoms with Crippen molar-refractivity contribution in [3.63, 3.8) is 0 Å². The maximum atomic E-state index is 11.6. The zero-order valence-corrected chi connectivity index (χ0v) is 9.45. The highest BCUT2D eigenvalue weighted by Crippen LogP contribution is 2.17. The number of hydrogen-bond donors (Lipinski definition) is 3. The van der Waals surface area contributed by atoms with Gasteiger partial charge in [0.2, 0.25) is 0 Å². The monoisotopic (exact) mass is 241 g/mol. The fourth-order valence-corrected chi connectivity index (χ4v) is 1.43. The molecule has 0 bridgehead atoms. The Kier molecular flexibility index (Phi) is 4.13. The molecule has 86 valence electrons. The molecular formula is C10H12ClN3O2. The van der Waals surface area contributed by atoms with Crippen molar-refractivity contribution in [3.8, 4) is 0 Å². The molecule has 0 heterocycles. The number of carbonyl (C=O) groups excluding carboxylic acids is 1. The van der Waals surface area contributed by atoms with Gasteiger partial charge in [0.05, 0.1) is 17.1 Å². The van der Waals surface area contributed by atoms with Crippen LogP contribution in [0.1, 0.15) is 15.9 Å². The first-order chi connectivity index (χ1) is 7.54. The van der Waals surface area contributed by atoms with Gasteiger partial charge in [-0.1, -0.05) is 22.8 Å². The van der Waals surface area contributed by atoms with Gasteiger partial charge < -0.3 is 16.3 Å². The Bertz CT molecular complexity index is 432. The third kappa shape index (κ3) is 3.13.